The van der Waals surface area contributed by atoms with E-state index in [0.29, 0.717) is 6.04 Å². The molecular weight excluding hydrogens is 336 g/mol. The number of amides is 1. The fourth-order valence-corrected chi connectivity index (χ4v) is 4.74. The van der Waals surface area contributed by atoms with Crippen molar-refractivity contribution < 1.29 is 4.79 Å². The first-order valence-corrected chi connectivity index (χ1v) is 10.4. The number of thioether (sulfide) groups is 1. The number of nitrogens with one attached hydrogen (secondary N) is 1. The molecule has 1 saturated heterocycles. The lowest BCUT2D eigenvalue weighted by Crippen LogP contribution is -2.44. The number of nitrogens with zero attached hydrogens (tertiary/aromatic N) is 1. The lowest BCUT2D eigenvalue weighted by Gasteiger charge is -2.31. The topological polar surface area (TPSA) is 32.3 Å². The summed E-state index contributed by atoms with van der Waals surface area (Å²) >= 11 is 3.45. The molecule has 1 aromatic heterocycles. The van der Waals surface area contributed by atoms with Crippen LogP contribution in [-0.2, 0) is 5.75 Å². The second-order valence-electron chi connectivity index (χ2n) is 6.10. The molecule has 1 fully saturated rings. The first-order chi connectivity index (χ1) is 11.8. The van der Waals surface area contributed by atoms with Gasteiger partial charge in [-0.3, -0.25) is 4.79 Å². The number of thiophene rings is 1. The fourth-order valence-electron chi connectivity index (χ4n) is 2.97. The number of likely N-dealkylation sites (tertiary alicyclic amines) is 1. The lowest BCUT2D eigenvalue weighted by molar-refractivity contribution is 0.0909. The third kappa shape index (κ3) is 4.62. The van der Waals surface area contributed by atoms with E-state index in [2.05, 4.69) is 34.0 Å². The molecule has 3 rings (SSSR count). The molecule has 0 spiro atoms. The average molecular weight is 361 g/mol. The minimum Gasteiger partial charge on any atom is -0.349 e. The summed E-state index contributed by atoms with van der Waals surface area (Å²) < 4.78 is 0. The van der Waals surface area contributed by atoms with Crippen molar-refractivity contribution in [1.29, 1.82) is 0 Å². The van der Waals surface area contributed by atoms with E-state index in [9.17, 15) is 4.79 Å². The van der Waals surface area contributed by atoms with Gasteiger partial charge in [0.2, 0.25) is 0 Å². The zero-order chi connectivity index (χ0) is 16.8. The van der Waals surface area contributed by atoms with E-state index in [1.54, 1.807) is 23.1 Å². The van der Waals surface area contributed by atoms with E-state index in [1.165, 1.54) is 5.56 Å². The van der Waals surface area contributed by atoms with Crippen LogP contribution in [0.15, 0.2) is 46.0 Å². The van der Waals surface area contributed by atoms with Crippen LogP contribution in [0.3, 0.4) is 0 Å². The molecule has 3 nitrogen and oxygen atoms in total. The second kappa shape index (κ2) is 8.70. The van der Waals surface area contributed by atoms with E-state index < -0.39 is 0 Å². The van der Waals surface area contributed by atoms with Crippen molar-refractivity contribution in [2.24, 2.45) is 0 Å². The van der Waals surface area contributed by atoms with Gasteiger partial charge in [-0.05, 0) is 53.9 Å². The highest BCUT2D eigenvalue weighted by Crippen LogP contribution is 2.27. The molecule has 1 aliphatic rings. The standard InChI is InChI=1S/C19H24N2OS2/c1-2-21-10-7-16(8-11-21)20-19(22)17-5-3-4-6-18(17)24-14-15-9-12-23-13-15/h3-6,9,12-13,16H,2,7-8,10-11,14H2,1H3,(H,20,22). The largest absolute Gasteiger partial charge is 0.349 e. The highest BCUT2D eigenvalue weighted by Gasteiger charge is 2.21. The van der Waals surface area contributed by atoms with Crippen molar-refractivity contribution in [3.63, 3.8) is 0 Å². The minimum absolute atomic E-state index is 0.0679. The highest BCUT2D eigenvalue weighted by atomic mass is 32.2. The molecule has 0 atom stereocenters. The fraction of sp³-hybridized carbons (Fsp3) is 0.421. The van der Waals surface area contributed by atoms with Crippen molar-refractivity contribution in [1.82, 2.24) is 10.2 Å². The maximum Gasteiger partial charge on any atom is 0.252 e. The highest BCUT2D eigenvalue weighted by molar-refractivity contribution is 7.98. The third-order valence-corrected chi connectivity index (χ3v) is 6.35. The Morgan fingerprint density at radius 1 is 1.29 bits per heavy atom. The summed E-state index contributed by atoms with van der Waals surface area (Å²) in [5.41, 5.74) is 2.11. The molecule has 128 valence electrons. The maximum atomic E-state index is 12.7. The van der Waals surface area contributed by atoms with E-state index in [1.807, 2.05) is 24.3 Å². The summed E-state index contributed by atoms with van der Waals surface area (Å²) in [5.74, 6) is 0.973. The van der Waals surface area contributed by atoms with Gasteiger partial charge in [0, 0.05) is 29.8 Å². The van der Waals surface area contributed by atoms with Gasteiger partial charge in [-0.1, -0.05) is 19.1 Å². The zero-order valence-corrected chi connectivity index (χ0v) is 15.7. The van der Waals surface area contributed by atoms with Gasteiger partial charge in [0.15, 0.2) is 0 Å². The smallest absolute Gasteiger partial charge is 0.252 e. The summed E-state index contributed by atoms with van der Waals surface area (Å²) in [7, 11) is 0. The Morgan fingerprint density at radius 2 is 2.08 bits per heavy atom. The molecule has 1 amide bonds. The number of carbonyl (C=O) groups is 1. The number of piperidine rings is 1. The van der Waals surface area contributed by atoms with Crippen molar-refractivity contribution >= 4 is 29.0 Å². The molecule has 24 heavy (non-hydrogen) atoms. The van der Waals surface area contributed by atoms with Gasteiger partial charge in [-0.25, -0.2) is 0 Å². The number of benzene rings is 1. The molecule has 0 unspecified atom stereocenters. The van der Waals surface area contributed by atoms with Crippen LogP contribution in [0, 0.1) is 0 Å². The summed E-state index contributed by atoms with van der Waals surface area (Å²) in [4.78, 5) is 16.2. The van der Waals surface area contributed by atoms with Crippen LogP contribution >= 0.6 is 23.1 Å². The molecule has 0 bridgehead atoms. The molecule has 5 heteroatoms. The van der Waals surface area contributed by atoms with E-state index in [-0.39, 0.29) is 5.91 Å². The first-order valence-electron chi connectivity index (χ1n) is 8.52. The normalized spacial score (nSPS) is 16.2. The summed E-state index contributed by atoms with van der Waals surface area (Å²) in [5, 5.41) is 7.49. The number of carbonyl (C=O) groups excluding carboxylic acids is 1. The SMILES string of the molecule is CCN1CCC(NC(=O)c2ccccc2SCc2ccsc2)CC1. The average Bonchev–Trinajstić information content (AvgIpc) is 3.14. The summed E-state index contributed by atoms with van der Waals surface area (Å²) in [6.07, 6.45) is 2.09. The molecule has 0 saturated carbocycles. The summed E-state index contributed by atoms with van der Waals surface area (Å²) in [6, 6.07) is 10.4. The van der Waals surface area contributed by atoms with Crippen molar-refractivity contribution in [2.45, 2.75) is 36.5 Å². The monoisotopic (exact) mass is 360 g/mol. The number of hydrogen-bond acceptors (Lipinski definition) is 4. The molecule has 0 radical (unpaired) electrons. The second-order valence-corrected chi connectivity index (χ2v) is 7.90. The molecule has 2 aromatic rings. The predicted octanol–water partition coefficient (Wildman–Crippen LogP) is 4.25. The van der Waals surface area contributed by atoms with Gasteiger partial charge in [0.1, 0.15) is 0 Å². The maximum absolute atomic E-state index is 12.7. The van der Waals surface area contributed by atoms with Crippen molar-refractivity contribution in [3.05, 3.63) is 52.2 Å². The van der Waals surface area contributed by atoms with E-state index >= 15 is 0 Å². The van der Waals surface area contributed by atoms with Gasteiger partial charge in [0.05, 0.1) is 5.56 Å². The van der Waals surface area contributed by atoms with Crippen molar-refractivity contribution in [2.75, 3.05) is 19.6 Å². The zero-order valence-electron chi connectivity index (χ0n) is 14.0. The van der Waals surface area contributed by atoms with Crippen molar-refractivity contribution in [3.8, 4) is 0 Å². The van der Waals surface area contributed by atoms with Gasteiger partial charge >= 0.3 is 0 Å². The summed E-state index contributed by atoms with van der Waals surface area (Å²) in [6.45, 7) is 5.45. The Balaban J connectivity index is 1.60. The van der Waals surface area contributed by atoms with Crippen LogP contribution in [0.1, 0.15) is 35.7 Å². The molecule has 1 N–H and O–H groups in total. The number of rotatable bonds is 6. The minimum atomic E-state index is 0.0679. The van der Waals surface area contributed by atoms with Crippen LogP contribution in [-0.4, -0.2) is 36.5 Å². The quantitative estimate of drug-likeness (QED) is 0.782. The Bertz CT molecular complexity index is 649. The molecule has 2 heterocycles. The van der Waals surface area contributed by atoms with Crippen LogP contribution in [0.4, 0.5) is 0 Å². The van der Waals surface area contributed by atoms with Gasteiger partial charge in [-0.2, -0.15) is 11.3 Å². The Labute approximate surface area is 152 Å². The molecule has 0 aliphatic carbocycles. The predicted molar refractivity (Wildman–Crippen MR) is 103 cm³/mol. The lowest BCUT2D eigenvalue weighted by atomic mass is 10.0. The Morgan fingerprint density at radius 3 is 2.79 bits per heavy atom. The molecule has 1 aromatic carbocycles. The third-order valence-electron chi connectivity index (χ3n) is 4.48. The Hall–Kier alpha value is -1.30. The van der Waals surface area contributed by atoms with Crippen LogP contribution in [0.25, 0.3) is 0 Å². The Kier molecular flexibility index (Phi) is 6.35. The molecule has 1 aliphatic heterocycles. The first kappa shape index (κ1) is 17.5. The number of hydrogen-bond donors (Lipinski definition) is 1. The van der Waals surface area contributed by atoms with Gasteiger partial charge in [-0.15, -0.1) is 11.8 Å². The van der Waals surface area contributed by atoms with Crippen LogP contribution < -0.4 is 5.32 Å². The molecular formula is C19H24N2OS2. The van der Waals surface area contributed by atoms with Gasteiger partial charge < -0.3 is 10.2 Å². The van der Waals surface area contributed by atoms with Gasteiger partial charge in [0.25, 0.3) is 5.91 Å². The van der Waals surface area contributed by atoms with Crippen LogP contribution in [0.5, 0.6) is 0 Å². The van der Waals surface area contributed by atoms with E-state index in [0.717, 1.165) is 48.7 Å². The van der Waals surface area contributed by atoms with E-state index in [4.69, 9.17) is 0 Å². The van der Waals surface area contributed by atoms with Crippen LogP contribution in [0.2, 0.25) is 0 Å².